The van der Waals surface area contributed by atoms with Crippen molar-refractivity contribution in [3.05, 3.63) is 69.4 Å². The Hall–Kier alpha value is -2.90. The van der Waals surface area contributed by atoms with E-state index in [0.717, 1.165) is 16.5 Å². The van der Waals surface area contributed by atoms with Crippen LogP contribution in [-0.2, 0) is 4.79 Å². The number of pyridine rings is 1. The summed E-state index contributed by atoms with van der Waals surface area (Å²) in [7, 11) is 1.56. The molecule has 7 heteroatoms. The van der Waals surface area contributed by atoms with Gasteiger partial charge in [0.15, 0.2) is 0 Å². The summed E-state index contributed by atoms with van der Waals surface area (Å²) in [5, 5.41) is 3.52. The fourth-order valence-corrected chi connectivity index (χ4v) is 3.99. The minimum absolute atomic E-state index is 0.203. The predicted molar refractivity (Wildman–Crippen MR) is 113 cm³/mol. The maximum absolute atomic E-state index is 12.6. The van der Waals surface area contributed by atoms with Gasteiger partial charge in [0.25, 0.3) is 11.5 Å². The van der Waals surface area contributed by atoms with E-state index in [1.165, 1.54) is 11.8 Å². The van der Waals surface area contributed by atoms with E-state index >= 15 is 0 Å². The lowest BCUT2D eigenvalue weighted by atomic mass is 10.0. The van der Waals surface area contributed by atoms with E-state index in [-0.39, 0.29) is 11.5 Å². The average Bonchev–Trinajstić information content (AvgIpc) is 2.98. The molecule has 0 atom stereocenters. The average molecular weight is 394 g/mol. The van der Waals surface area contributed by atoms with E-state index in [9.17, 15) is 9.59 Å². The monoisotopic (exact) mass is 394 g/mol. The summed E-state index contributed by atoms with van der Waals surface area (Å²) in [6.07, 6.45) is 1.75. The van der Waals surface area contributed by atoms with Gasteiger partial charge in [0.05, 0.1) is 17.6 Å². The molecule has 27 heavy (non-hydrogen) atoms. The van der Waals surface area contributed by atoms with Crippen LogP contribution in [0.4, 0.5) is 0 Å². The molecule has 0 saturated carbocycles. The van der Waals surface area contributed by atoms with E-state index in [0.29, 0.717) is 26.1 Å². The molecule has 0 unspecified atom stereocenters. The summed E-state index contributed by atoms with van der Waals surface area (Å²) in [5.41, 5.74) is 2.51. The lowest BCUT2D eigenvalue weighted by molar-refractivity contribution is -0.115. The number of hydrogen-bond acceptors (Lipinski definition) is 5. The third-order valence-electron chi connectivity index (χ3n) is 4.21. The van der Waals surface area contributed by atoms with E-state index in [1.807, 2.05) is 42.5 Å². The fourth-order valence-electron chi connectivity index (χ4n) is 2.95. The zero-order chi connectivity index (χ0) is 19.0. The number of aromatic nitrogens is 1. The largest absolute Gasteiger partial charge is 0.496 e. The number of nitrogens with one attached hydrogen (secondary N) is 2. The molecule has 5 nitrogen and oxygen atoms in total. The number of thioether (sulfide) groups is 1. The molecule has 0 bridgehead atoms. The van der Waals surface area contributed by atoms with Gasteiger partial charge in [0.1, 0.15) is 10.1 Å². The molecule has 1 saturated heterocycles. The Balaban J connectivity index is 1.86. The van der Waals surface area contributed by atoms with E-state index < -0.39 is 0 Å². The second-order valence-corrected chi connectivity index (χ2v) is 7.63. The van der Waals surface area contributed by atoms with Gasteiger partial charge in [-0.25, -0.2) is 0 Å². The number of methoxy groups -OCH3 is 1. The number of H-pyrrole nitrogens is 1. The molecule has 1 amide bonds. The van der Waals surface area contributed by atoms with Crippen molar-refractivity contribution in [2.75, 3.05) is 7.11 Å². The Morgan fingerprint density at radius 3 is 2.63 bits per heavy atom. The summed E-state index contributed by atoms with van der Waals surface area (Å²) in [4.78, 5) is 28.0. The van der Waals surface area contributed by atoms with Gasteiger partial charge in [0, 0.05) is 11.1 Å². The standard InChI is InChI=1S/C20H14N2O3S2/c1-25-16-7-6-11(9-17-19(24)22-20(26)27-17)8-13(16)14-10-12-4-2-3-5-15(12)21-18(14)23/h2-10H,1H3,(H,21,23)(H,22,24,26)/b17-9-. The molecule has 2 aromatic carbocycles. The zero-order valence-corrected chi connectivity index (χ0v) is 15.9. The van der Waals surface area contributed by atoms with Crippen molar-refractivity contribution in [2.45, 2.75) is 0 Å². The van der Waals surface area contributed by atoms with Crippen LogP contribution in [0.15, 0.2) is 58.2 Å². The summed E-state index contributed by atoms with van der Waals surface area (Å²) >= 11 is 6.24. The number of thiocarbonyl (C=S) groups is 1. The van der Waals surface area contributed by atoms with Crippen LogP contribution in [0.3, 0.4) is 0 Å². The van der Waals surface area contributed by atoms with Crippen molar-refractivity contribution in [3.8, 4) is 16.9 Å². The quantitative estimate of drug-likeness (QED) is 0.524. The Morgan fingerprint density at radius 1 is 1.07 bits per heavy atom. The van der Waals surface area contributed by atoms with Crippen molar-refractivity contribution >= 4 is 51.2 Å². The van der Waals surface area contributed by atoms with Crippen LogP contribution in [0, 0.1) is 0 Å². The topological polar surface area (TPSA) is 71.2 Å². The van der Waals surface area contributed by atoms with Crippen LogP contribution < -0.4 is 15.6 Å². The maximum atomic E-state index is 12.6. The van der Waals surface area contributed by atoms with Crippen LogP contribution in [0.25, 0.3) is 28.1 Å². The Morgan fingerprint density at radius 2 is 1.89 bits per heavy atom. The third-order valence-corrected chi connectivity index (χ3v) is 5.37. The lowest BCUT2D eigenvalue weighted by Crippen LogP contribution is -2.17. The van der Waals surface area contributed by atoms with Gasteiger partial charge in [-0.2, -0.15) is 0 Å². The van der Waals surface area contributed by atoms with Crippen molar-refractivity contribution in [1.82, 2.24) is 10.3 Å². The normalized spacial score (nSPS) is 15.4. The zero-order valence-electron chi connectivity index (χ0n) is 14.2. The van der Waals surface area contributed by atoms with E-state index in [4.69, 9.17) is 17.0 Å². The molecule has 2 N–H and O–H groups in total. The number of carbonyl (C=O) groups excluding carboxylic acids is 1. The molecule has 1 fully saturated rings. The molecule has 1 aliphatic heterocycles. The van der Waals surface area contributed by atoms with Crippen molar-refractivity contribution in [1.29, 1.82) is 0 Å². The number of benzene rings is 2. The number of para-hydroxylation sites is 1. The highest BCUT2D eigenvalue weighted by Crippen LogP contribution is 2.32. The van der Waals surface area contributed by atoms with Gasteiger partial charge < -0.3 is 15.0 Å². The van der Waals surface area contributed by atoms with Gasteiger partial charge in [-0.3, -0.25) is 9.59 Å². The molecule has 0 aliphatic carbocycles. The Labute approximate surface area is 164 Å². The minimum atomic E-state index is -0.217. The first-order valence-corrected chi connectivity index (χ1v) is 9.33. The highest BCUT2D eigenvalue weighted by atomic mass is 32.2. The second kappa shape index (κ2) is 7.02. The molecule has 134 valence electrons. The number of hydrogen-bond donors (Lipinski definition) is 2. The maximum Gasteiger partial charge on any atom is 0.263 e. The summed E-state index contributed by atoms with van der Waals surface area (Å²) < 4.78 is 5.89. The van der Waals surface area contributed by atoms with E-state index in [2.05, 4.69) is 10.3 Å². The molecule has 1 aliphatic rings. The molecule has 0 spiro atoms. The van der Waals surface area contributed by atoms with Crippen LogP contribution in [-0.4, -0.2) is 22.3 Å². The van der Waals surface area contributed by atoms with Gasteiger partial charge >= 0.3 is 0 Å². The molecule has 3 aromatic rings. The number of amides is 1. The number of ether oxygens (including phenoxy) is 1. The molecule has 1 aromatic heterocycles. The van der Waals surface area contributed by atoms with Crippen molar-refractivity contribution < 1.29 is 9.53 Å². The Bertz CT molecular complexity index is 1180. The number of carbonyl (C=O) groups is 1. The molecule has 4 rings (SSSR count). The SMILES string of the molecule is COc1ccc(/C=C2\SC(=S)NC2=O)cc1-c1cc2ccccc2[nH]c1=O. The minimum Gasteiger partial charge on any atom is -0.496 e. The molecular formula is C20H14N2O3S2. The fraction of sp³-hybridized carbons (Fsp3) is 0.0500. The molecular weight excluding hydrogens is 380 g/mol. The third kappa shape index (κ3) is 3.39. The van der Waals surface area contributed by atoms with Crippen LogP contribution in [0.1, 0.15) is 5.56 Å². The second-order valence-electron chi connectivity index (χ2n) is 5.91. The summed E-state index contributed by atoms with van der Waals surface area (Å²) in [5.74, 6) is 0.364. The lowest BCUT2D eigenvalue weighted by Gasteiger charge is -2.10. The summed E-state index contributed by atoms with van der Waals surface area (Å²) in [6.45, 7) is 0. The highest BCUT2D eigenvalue weighted by molar-refractivity contribution is 8.26. The molecule has 0 radical (unpaired) electrons. The first-order valence-electron chi connectivity index (χ1n) is 8.10. The van der Waals surface area contributed by atoms with Gasteiger partial charge in [-0.1, -0.05) is 48.2 Å². The van der Waals surface area contributed by atoms with Gasteiger partial charge in [0.2, 0.25) is 0 Å². The van der Waals surface area contributed by atoms with Gasteiger partial charge in [-0.15, -0.1) is 0 Å². The van der Waals surface area contributed by atoms with Crippen LogP contribution in [0.5, 0.6) is 5.75 Å². The van der Waals surface area contributed by atoms with Crippen LogP contribution >= 0.6 is 24.0 Å². The highest BCUT2D eigenvalue weighted by Gasteiger charge is 2.22. The first-order chi connectivity index (χ1) is 13.0. The Kier molecular flexibility index (Phi) is 4.55. The van der Waals surface area contributed by atoms with Crippen molar-refractivity contribution in [2.24, 2.45) is 0 Å². The summed E-state index contributed by atoms with van der Waals surface area (Å²) in [6, 6.07) is 14.9. The first kappa shape index (κ1) is 17.5. The number of rotatable bonds is 3. The molecule has 2 heterocycles. The smallest absolute Gasteiger partial charge is 0.263 e. The number of fused-ring (bicyclic) bond motifs is 1. The van der Waals surface area contributed by atoms with Crippen molar-refractivity contribution in [3.63, 3.8) is 0 Å². The predicted octanol–water partition coefficient (Wildman–Crippen LogP) is 3.69. The van der Waals surface area contributed by atoms with Crippen LogP contribution in [0.2, 0.25) is 0 Å². The van der Waals surface area contributed by atoms with Gasteiger partial charge in [-0.05, 0) is 41.3 Å². The van der Waals surface area contributed by atoms with E-state index in [1.54, 1.807) is 19.3 Å². The number of aromatic amines is 1.